The maximum atomic E-state index is 11.2. The first-order valence-corrected chi connectivity index (χ1v) is 5.74. The Morgan fingerprint density at radius 2 is 1.72 bits per heavy atom. The number of carbonyl (C=O) groups excluding carboxylic acids is 1. The summed E-state index contributed by atoms with van der Waals surface area (Å²) >= 11 is 0. The fraction of sp³-hybridized carbons (Fsp3) is 0.133. The lowest BCUT2D eigenvalue weighted by atomic mass is 9.96. The van der Waals surface area contributed by atoms with Gasteiger partial charge >= 0.3 is 0 Å². The van der Waals surface area contributed by atoms with Gasteiger partial charge < -0.3 is 0 Å². The SMILES string of the molecule is Cc1cccc(-c2ccc(C(=O)NO)cc2)c1C. The quantitative estimate of drug-likeness (QED) is 0.627. The molecule has 0 aliphatic rings. The van der Waals surface area contributed by atoms with Crippen LogP contribution in [0.5, 0.6) is 0 Å². The molecule has 0 radical (unpaired) electrons. The van der Waals surface area contributed by atoms with Gasteiger partial charge in [-0.25, -0.2) is 5.48 Å². The Kier molecular flexibility index (Phi) is 3.44. The van der Waals surface area contributed by atoms with Crippen LogP contribution in [0.15, 0.2) is 42.5 Å². The number of aryl methyl sites for hydroxylation is 1. The number of amides is 1. The van der Waals surface area contributed by atoms with Crippen molar-refractivity contribution in [2.75, 3.05) is 0 Å². The van der Waals surface area contributed by atoms with Gasteiger partial charge in [-0.2, -0.15) is 0 Å². The van der Waals surface area contributed by atoms with Gasteiger partial charge in [0.05, 0.1) is 0 Å². The van der Waals surface area contributed by atoms with Crippen molar-refractivity contribution in [3.8, 4) is 11.1 Å². The van der Waals surface area contributed by atoms with Crippen molar-refractivity contribution in [1.82, 2.24) is 5.48 Å². The Bertz CT molecular complexity index is 574. The van der Waals surface area contributed by atoms with Crippen LogP contribution in [0, 0.1) is 13.8 Å². The van der Waals surface area contributed by atoms with Crippen molar-refractivity contribution in [1.29, 1.82) is 0 Å². The Balaban J connectivity index is 2.40. The van der Waals surface area contributed by atoms with Gasteiger partial charge in [-0.05, 0) is 48.2 Å². The van der Waals surface area contributed by atoms with E-state index >= 15 is 0 Å². The maximum Gasteiger partial charge on any atom is 0.274 e. The highest BCUT2D eigenvalue weighted by molar-refractivity contribution is 5.93. The van der Waals surface area contributed by atoms with Crippen molar-refractivity contribution >= 4 is 5.91 Å². The molecule has 0 atom stereocenters. The molecule has 3 nitrogen and oxygen atoms in total. The highest BCUT2D eigenvalue weighted by Crippen LogP contribution is 2.25. The van der Waals surface area contributed by atoms with E-state index in [1.807, 2.05) is 18.2 Å². The molecule has 0 heterocycles. The second-order valence-corrected chi connectivity index (χ2v) is 4.27. The molecule has 2 rings (SSSR count). The van der Waals surface area contributed by atoms with Crippen LogP contribution in [-0.2, 0) is 0 Å². The van der Waals surface area contributed by atoms with Gasteiger partial charge in [0, 0.05) is 5.56 Å². The van der Waals surface area contributed by atoms with Gasteiger partial charge in [0.2, 0.25) is 0 Å². The third kappa shape index (κ3) is 2.26. The van der Waals surface area contributed by atoms with E-state index in [4.69, 9.17) is 5.21 Å². The molecule has 3 heteroatoms. The molecule has 0 saturated heterocycles. The van der Waals surface area contributed by atoms with Gasteiger partial charge in [-0.3, -0.25) is 10.0 Å². The molecule has 18 heavy (non-hydrogen) atoms. The van der Waals surface area contributed by atoms with Crippen molar-refractivity contribution in [3.05, 3.63) is 59.2 Å². The predicted molar refractivity (Wildman–Crippen MR) is 70.6 cm³/mol. The molecular formula is C15H15NO2. The summed E-state index contributed by atoms with van der Waals surface area (Å²) in [5.41, 5.74) is 6.75. The number of hydrogen-bond acceptors (Lipinski definition) is 2. The zero-order valence-electron chi connectivity index (χ0n) is 10.4. The normalized spacial score (nSPS) is 10.2. The minimum atomic E-state index is -0.498. The number of rotatable bonds is 2. The third-order valence-electron chi connectivity index (χ3n) is 3.16. The van der Waals surface area contributed by atoms with Gasteiger partial charge in [-0.15, -0.1) is 0 Å². The molecule has 0 bridgehead atoms. The Labute approximate surface area is 106 Å². The first-order valence-electron chi connectivity index (χ1n) is 5.74. The lowest BCUT2D eigenvalue weighted by Crippen LogP contribution is -2.18. The average Bonchev–Trinajstić information content (AvgIpc) is 2.41. The molecule has 2 aromatic rings. The molecule has 0 aromatic heterocycles. The van der Waals surface area contributed by atoms with E-state index in [-0.39, 0.29) is 0 Å². The minimum Gasteiger partial charge on any atom is -0.288 e. The lowest BCUT2D eigenvalue weighted by Gasteiger charge is -2.09. The van der Waals surface area contributed by atoms with Crippen LogP contribution in [-0.4, -0.2) is 11.1 Å². The smallest absolute Gasteiger partial charge is 0.274 e. The largest absolute Gasteiger partial charge is 0.288 e. The summed E-state index contributed by atoms with van der Waals surface area (Å²) in [4.78, 5) is 11.2. The molecule has 0 spiro atoms. The van der Waals surface area contributed by atoms with Crippen LogP contribution in [0.3, 0.4) is 0 Å². The molecular weight excluding hydrogens is 226 g/mol. The van der Waals surface area contributed by atoms with Crippen LogP contribution < -0.4 is 5.48 Å². The summed E-state index contributed by atoms with van der Waals surface area (Å²) in [6.07, 6.45) is 0. The molecule has 0 fully saturated rings. The number of hydroxylamine groups is 1. The number of nitrogens with one attached hydrogen (secondary N) is 1. The van der Waals surface area contributed by atoms with Crippen molar-refractivity contribution in [3.63, 3.8) is 0 Å². The molecule has 92 valence electrons. The van der Waals surface area contributed by atoms with Crippen molar-refractivity contribution in [2.24, 2.45) is 0 Å². The summed E-state index contributed by atoms with van der Waals surface area (Å²) in [5.74, 6) is -0.498. The summed E-state index contributed by atoms with van der Waals surface area (Å²) < 4.78 is 0. The van der Waals surface area contributed by atoms with Gasteiger partial charge in [-0.1, -0.05) is 30.3 Å². The molecule has 2 N–H and O–H groups in total. The maximum absolute atomic E-state index is 11.2. The summed E-state index contributed by atoms with van der Waals surface area (Å²) in [6, 6.07) is 13.3. The standard InChI is InChI=1S/C15H15NO2/c1-10-4-3-5-14(11(10)2)12-6-8-13(9-7-12)15(17)16-18/h3-9,18H,1-2H3,(H,16,17). The number of hydrogen-bond donors (Lipinski definition) is 2. The Hall–Kier alpha value is -2.13. The van der Waals surface area contributed by atoms with E-state index < -0.39 is 5.91 Å². The molecule has 0 aliphatic carbocycles. The minimum absolute atomic E-state index is 0.437. The van der Waals surface area contributed by atoms with E-state index in [1.165, 1.54) is 11.1 Å². The Morgan fingerprint density at radius 3 is 2.33 bits per heavy atom. The zero-order valence-corrected chi connectivity index (χ0v) is 10.4. The number of carbonyl (C=O) groups is 1. The summed E-state index contributed by atoms with van der Waals surface area (Å²) in [5, 5.41) is 8.56. The second kappa shape index (κ2) is 5.02. The van der Waals surface area contributed by atoms with Crippen molar-refractivity contribution in [2.45, 2.75) is 13.8 Å². The number of benzene rings is 2. The highest BCUT2D eigenvalue weighted by atomic mass is 16.5. The fourth-order valence-electron chi connectivity index (χ4n) is 1.93. The van der Waals surface area contributed by atoms with E-state index in [2.05, 4.69) is 26.0 Å². The van der Waals surface area contributed by atoms with Gasteiger partial charge in [0.25, 0.3) is 5.91 Å². The molecule has 0 saturated carbocycles. The summed E-state index contributed by atoms with van der Waals surface area (Å²) in [7, 11) is 0. The van der Waals surface area contributed by atoms with Crippen molar-refractivity contribution < 1.29 is 10.0 Å². The Morgan fingerprint density at radius 1 is 1.06 bits per heavy atom. The summed E-state index contributed by atoms with van der Waals surface area (Å²) in [6.45, 7) is 4.16. The van der Waals surface area contributed by atoms with E-state index in [1.54, 1.807) is 17.6 Å². The van der Waals surface area contributed by atoms with E-state index in [9.17, 15) is 4.79 Å². The van der Waals surface area contributed by atoms with Crippen LogP contribution in [0.4, 0.5) is 0 Å². The predicted octanol–water partition coefficient (Wildman–Crippen LogP) is 3.09. The average molecular weight is 241 g/mol. The molecule has 0 unspecified atom stereocenters. The molecule has 1 amide bonds. The van der Waals surface area contributed by atoms with Crippen LogP contribution >= 0.6 is 0 Å². The van der Waals surface area contributed by atoms with E-state index in [0.717, 1.165) is 11.1 Å². The van der Waals surface area contributed by atoms with Gasteiger partial charge in [0.1, 0.15) is 0 Å². The van der Waals surface area contributed by atoms with Crippen LogP contribution in [0.1, 0.15) is 21.5 Å². The second-order valence-electron chi connectivity index (χ2n) is 4.27. The zero-order chi connectivity index (χ0) is 13.1. The molecule has 2 aromatic carbocycles. The van der Waals surface area contributed by atoms with Gasteiger partial charge in [0.15, 0.2) is 0 Å². The lowest BCUT2D eigenvalue weighted by molar-refractivity contribution is 0.0706. The van der Waals surface area contributed by atoms with Crippen LogP contribution in [0.2, 0.25) is 0 Å². The first kappa shape index (κ1) is 12.3. The third-order valence-corrected chi connectivity index (χ3v) is 3.16. The fourth-order valence-corrected chi connectivity index (χ4v) is 1.93. The molecule has 0 aliphatic heterocycles. The van der Waals surface area contributed by atoms with Crippen LogP contribution in [0.25, 0.3) is 11.1 Å². The topological polar surface area (TPSA) is 49.3 Å². The van der Waals surface area contributed by atoms with E-state index in [0.29, 0.717) is 5.56 Å². The monoisotopic (exact) mass is 241 g/mol. The first-order chi connectivity index (χ1) is 8.63. The highest BCUT2D eigenvalue weighted by Gasteiger charge is 2.06.